The van der Waals surface area contributed by atoms with E-state index in [1.165, 1.54) is 6.42 Å². The van der Waals surface area contributed by atoms with E-state index >= 15 is 0 Å². The zero-order valence-corrected chi connectivity index (χ0v) is 19.1. The highest BCUT2D eigenvalue weighted by atomic mass is 16.5. The van der Waals surface area contributed by atoms with E-state index in [1.807, 2.05) is 0 Å². The minimum absolute atomic E-state index is 0.0320. The van der Waals surface area contributed by atoms with Gasteiger partial charge in [0.15, 0.2) is 0 Å². The van der Waals surface area contributed by atoms with Crippen molar-refractivity contribution in [1.29, 1.82) is 10.5 Å². The van der Waals surface area contributed by atoms with E-state index in [2.05, 4.69) is 34.0 Å². The predicted octanol–water partition coefficient (Wildman–Crippen LogP) is 4.39. The summed E-state index contributed by atoms with van der Waals surface area (Å²) in [7, 11) is 0. The van der Waals surface area contributed by atoms with Crippen LogP contribution in [0.2, 0.25) is 0 Å². The molecule has 0 fully saturated rings. The standard InChI is InChI=1S/C23H42N4O3/c1-23(2,19-22(28)27-16-9-4-6-12-18-30-21-25)13-7-10-15-26-14-8-3-5-11-17-29-20-24/h26H,3-19H2,1-2H3,(H,27,28). The third-order valence-electron chi connectivity index (χ3n) is 5.07. The zero-order valence-electron chi connectivity index (χ0n) is 19.1. The number of ether oxygens (including phenoxy) is 2. The quantitative estimate of drug-likeness (QED) is 0.210. The maximum atomic E-state index is 12.1. The fourth-order valence-corrected chi connectivity index (χ4v) is 3.31. The maximum Gasteiger partial charge on any atom is 0.286 e. The Morgan fingerprint density at radius 3 is 1.83 bits per heavy atom. The largest absolute Gasteiger partial charge is 0.428 e. The smallest absolute Gasteiger partial charge is 0.286 e. The molecule has 0 radical (unpaired) electrons. The molecule has 0 heterocycles. The number of rotatable bonds is 21. The first-order chi connectivity index (χ1) is 14.5. The number of hydrogen-bond donors (Lipinski definition) is 2. The summed E-state index contributed by atoms with van der Waals surface area (Å²) in [6, 6.07) is 0. The van der Waals surface area contributed by atoms with Crippen LogP contribution < -0.4 is 10.6 Å². The Morgan fingerprint density at radius 1 is 0.767 bits per heavy atom. The molecule has 0 spiro atoms. The first-order valence-corrected chi connectivity index (χ1v) is 11.5. The lowest BCUT2D eigenvalue weighted by Gasteiger charge is -2.24. The number of hydrogen-bond acceptors (Lipinski definition) is 6. The highest BCUT2D eigenvalue weighted by molar-refractivity contribution is 5.76. The lowest BCUT2D eigenvalue weighted by Crippen LogP contribution is -2.29. The third-order valence-corrected chi connectivity index (χ3v) is 5.07. The van der Waals surface area contributed by atoms with Gasteiger partial charge >= 0.3 is 0 Å². The van der Waals surface area contributed by atoms with Gasteiger partial charge in [-0.1, -0.05) is 33.1 Å². The zero-order chi connectivity index (χ0) is 22.3. The molecule has 1 amide bonds. The van der Waals surface area contributed by atoms with Gasteiger partial charge in [-0.15, -0.1) is 0 Å². The minimum atomic E-state index is 0.0320. The Morgan fingerprint density at radius 2 is 1.27 bits per heavy atom. The van der Waals surface area contributed by atoms with Crippen LogP contribution in [0.25, 0.3) is 0 Å². The molecule has 172 valence electrons. The lowest BCUT2D eigenvalue weighted by molar-refractivity contribution is -0.123. The normalized spacial score (nSPS) is 10.8. The maximum absolute atomic E-state index is 12.1. The average molecular weight is 423 g/mol. The Bertz CT molecular complexity index is 498. The third kappa shape index (κ3) is 20.7. The van der Waals surface area contributed by atoms with Gasteiger partial charge in [0.1, 0.15) is 13.2 Å². The Kier molecular flexibility index (Phi) is 18.9. The van der Waals surface area contributed by atoms with E-state index in [4.69, 9.17) is 10.5 Å². The number of nitrogens with one attached hydrogen (secondary N) is 2. The van der Waals surface area contributed by atoms with Crippen LogP contribution in [0, 0.1) is 28.4 Å². The van der Waals surface area contributed by atoms with Gasteiger partial charge < -0.3 is 20.1 Å². The Balaban J connectivity index is 3.50. The molecule has 0 aromatic carbocycles. The summed E-state index contributed by atoms with van der Waals surface area (Å²) >= 11 is 0. The van der Waals surface area contributed by atoms with Gasteiger partial charge in [0.05, 0.1) is 0 Å². The van der Waals surface area contributed by atoms with Gasteiger partial charge in [-0.05, 0) is 69.9 Å². The van der Waals surface area contributed by atoms with Gasteiger partial charge in [0.25, 0.3) is 12.5 Å². The number of carbonyl (C=O) groups excluding carboxylic acids is 1. The highest BCUT2D eigenvalue weighted by Gasteiger charge is 2.21. The van der Waals surface area contributed by atoms with Gasteiger partial charge in [-0.3, -0.25) is 4.79 Å². The molecule has 0 aliphatic rings. The summed E-state index contributed by atoms with van der Waals surface area (Å²) in [4.78, 5) is 12.1. The van der Waals surface area contributed by atoms with Gasteiger partial charge in [-0.2, -0.15) is 10.5 Å². The van der Waals surface area contributed by atoms with Crippen molar-refractivity contribution in [2.45, 2.75) is 90.9 Å². The van der Waals surface area contributed by atoms with Gasteiger partial charge in [0.2, 0.25) is 5.91 Å². The second kappa shape index (κ2) is 20.3. The molecule has 0 atom stereocenters. The first-order valence-electron chi connectivity index (χ1n) is 11.5. The molecular weight excluding hydrogens is 380 g/mol. The van der Waals surface area contributed by atoms with Crippen molar-refractivity contribution in [2.24, 2.45) is 5.41 Å². The molecule has 0 bridgehead atoms. The fourth-order valence-electron chi connectivity index (χ4n) is 3.31. The summed E-state index contributed by atoms with van der Waals surface area (Å²) in [6.45, 7) is 8.17. The van der Waals surface area contributed by atoms with Crippen LogP contribution in [0.1, 0.15) is 90.9 Å². The molecule has 0 aliphatic carbocycles. The van der Waals surface area contributed by atoms with Crippen LogP contribution >= 0.6 is 0 Å². The van der Waals surface area contributed by atoms with Crippen molar-refractivity contribution in [3.63, 3.8) is 0 Å². The fraction of sp³-hybridized carbons (Fsp3) is 0.870. The van der Waals surface area contributed by atoms with E-state index < -0.39 is 0 Å². The Hall–Kier alpha value is -1.99. The van der Waals surface area contributed by atoms with Crippen LogP contribution in [0.5, 0.6) is 0 Å². The molecule has 0 rings (SSSR count). The van der Waals surface area contributed by atoms with Crippen molar-refractivity contribution in [3.8, 4) is 12.5 Å². The molecule has 0 aromatic rings. The SMILES string of the molecule is CC(C)(CCCCNCCCCCCOC#N)CC(=O)NCCCCCCOC#N. The average Bonchev–Trinajstić information content (AvgIpc) is 2.70. The molecule has 0 saturated carbocycles. The van der Waals surface area contributed by atoms with Crippen LogP contribution in [0.3, 0.4) is 0 Å². The van der Waals surface area contributed by atoms with E-state index in [-0.39, 0.29) is 11.3 Å². The molecular formula is C23H42N4O3. The minimum Gasteiger partial charge on any atom is -0.428 e. The molecule has 0 aliphatic heterocycles. The molecule has 2 N–H and O–H groups in total. The van der Waals surface area contributed by atoms with Crippen LogP contribution in [-0.2, 0) is 14.3 Å². The number of amides is 1. The van der Waals surface area contributed by atoms with Crippen LogP contribution in [0.4, 0.5) is 0 Å². The summed E-state index contributed by atoms with van der Waals surface area (Å²) in [6.07, 6.45) is 15.6. The first kappa shape index (κ1) is 28.0. The second-order valence-corrected chi connectivity index (χ2v) is 8.61. The monoisotopic (exact) mass is 422 g/mol. The van der Waals surface area contributed by atoms with E-state index in [0.29, 0.717) is 19.6 Å². The molecule has 0 saturated heterocycles. The molecule has 0 unspecified atom stereocenters. The number of carbonyl (C=O) groups is 1. The number of nitriles is 2. The number of unbranched alkanes of at least 4 members (excludes halogenated alkanes) is 7. The molecule has 7 nitrogen and oxygen atoms in total. The summed E-state index contributed by atoms with van der Waals surface area (Å²) in [5.41, 5.74) is 0.0320. The summed E-state index contributed by atoms with van der Waals surface area (Å²) in [5, 5.41) is 23.1. The Labute approximate surface area is 183 Å². The topological polar surface area (TPSA) is 107 Å². The van der Waals surface area contributed by atoms with E-state index in [9.17, 15) is 4.79 Å². The molecule has 0 aromatic heterocycles. The van der Waals surface area contributed by atoms with E-state index in [0.717, 1.165) is 83.8 Å². The van der Waals surface area contributed by atoms with Crippen molar-refractivity contribution in [3.05, 3.63) is 0 Å². The summed E-state index contributed by atoms with van der Waals surface area (Å²) in [5.74, 6) is 0.145. The van der Waals surface area contributed by atoms with E-state index in [1.54, 1.807) is 12.5 Å². The summed E-state index contributed by atoms with van der Waals surface area (Å²) < 4.78 is 9.29. The van der Waals surface area contributed by atoms with Gasteiger partial charge in [0, 0.05) is 13.0 Å². The van der Waals surface area contributed by atoms with Crippen LogP contribution in [-0.4, -0.2) is 38.8 Å². The second-order valence-electron chi connectivity index (χ2n) is 8.61. The van der Waals surface area contributed by atoms with Crippen molar-refractivity contribution in [2.75, 3.05) is 32.8 Å². The molecule has 30 heavy (non-hydrogen) atoms. The molecule has 7 heteroatoms. The van der Waals surface area contributed by atoms with Crippen molar-refractivity contribution >= 4 is 5.91 Å². The lowest BCUT2D eigenvalue weighted by atomic mass is 9.83. The highest BCUT2D eigenvalue weighted by Crippen LogP contribution is 2.27. The van der Waals surface area contributed by atoms with Crippen molar-refractivity contribution < 1.29 is 14.3 Å². The predicted molar refractivity (Wildman–Crippen MR) is 118 cm³/mol. The van der Waals surface area contributed by atoms with Gasteiger partial charge in [-0.25, -0.2) is 0 Å². The number of nitrogens with zero attached hydrogens (tertiary/aromatic N) is 2. The van der Waals surface area contributed by atoms with Crippen LogP contribution in [0.15, 0.2) is 0 Å². The van der Waals surface area contributed by atoms with Crippen molar-refractivity contribution in [1.82, 2.24) is 10.6 Å².